The molecule has 0 unspecified atom stereocenters. The highest BCUT2D eigenvalue weighted by Crippen LogP contribution is 2.20. The van der Waals surface area contributed by atoms with E-state index in [1.54, 1.807) is 24.3 Å². The Morgan fingerprint density at radius 2 is 1.43 bits per heavy atom. The third kappa shape index (κ3) is 2.61. The Labute approximate surface area is 122 Å². The molecule has 2 aromatic carbocycles. The summed E-state index contributed by atoms with van der Waals surface area (Å²) in [6, 6.07) is 16.7. The minimum absolute atomic E-state index is 0.302. The van der Waals surface area contributed by atoms with Crippen molar-refractivity contribution in [2.75, 3.05) is 6.54 Å². The summed E-state index contributed by atoms with van der Waals surface area (Å²) in [7, 11) is 0. The van der Waals surface area contributed by atoms with Crippen LogP contribution in [0.15, 0.2) is 60.7 Å². The van der Waals surface area contributed by atoms with Gasteiger partial charge in [0.05, 0.1) is 11.1 Å². The Kier molecular flexibility index (Phi) is 3.62. The van der Waals surface area contributed by atoms with Crippen LogP contribution in [-0.2, 0) is 0 Å². The summed E-state index contributed by atoms with van der Waals surface area (Å²) in [6.45, 7) is 0.403. The lowest BCUT2D eigenvalue weighted by atomic mass is 10.1. The van der Waals surface area contributed by atoms with E-state index < -0.39 is 0 Å². The number of carbonyl (C=O) groups is 2. The second-order valence-electron chi connectivity index (χ2n) is 4.67. The molecule has 2 amide bonds. The molecule has 0 aromatic heterocycles. The van der Waals surface area contributed by atoms with Crippen molar-refractivity contribution in [2.24, 2.45) is 0 Å². The van der Waals surface area contributed by atoms with E-state index in [0.717, 1.165) is 10.6 Å². The third-order valence-corrected chi connectivity index (χ3v) is 3.27. The molecule has 4 nitrogen and oxygen atoms in total. The number of fused-ring (bicyclic) bond motifs is 1. The predicted molar refractivity (Wildman–Crippen MR) is 80.4 cm³/mol. The van der Waals surface area contributed by atoms with Crippen LogP contribution in [0.4, 0.5) is 0 Å². The molecule has 4 heteroatoms. The second-order valence-corrected chi connectivity index (χ2v) is 4.67. The van der Waals surface area contributed by atoms with Crippen molar-refractivity contribution in [1.29, 1.82) is 0 Å². The number of rotatable bonds is 4. The minimum Gasteiger partial charge on any atom is -0.267 e. The van der Waals surface area contributed by atoms with Gasteiger partial charge in [0.2, 0.25) is 0 Å². The van der Waals surface area contributed by atoms with Gasteiger partial charge in [-0.15, -0.1) is 0 Å². The Balaban J connectivity index is 1.64. The van der Waals surface area contributed by atoms with E-state index in [4.69, 9.17) is 0 Å². The maximum atomic E-state index is 12.1. The molecule has 0 spiro atoms. The average Bonchev–Trinajstić information content (AvgIpc) is 2.77. The van der Waals surface area contributed by atoms with E-state index in [-0.39, 0.29) is 11.8 Å². The van der Waals surface area contributed by atoms with Crippen LogP contribution in [0, 0.1) is 0 Å². The van der Waals surface area contributed by atoms with Gasteiger partial charge in [-0.1, -0.05) is 54.6 Å². The van der Waals surface area contributed by atoms with E-state index in [9.17, 15) is 9.59 Å². The lowest BCUT2D eigenvalue weighted by Gasteiger charge is -2.13. The SMILES string of the molecule is O=C1c2ccccc2C(=O)N1NC/C=C/c1ccccc1. The van der Waals surface area contributed by atoms with Gasteiger partial charge in [-0.25, -0.2) is 10.4 Å². The van der Waals surface area contributed by atoms with Crippen LogP contribution in [0.3, 0.4) is 0 Å². The summed E-state index contributed by atoms with van der Waals surface area (Å²) in [6.07, 6.45) is 3.81. The van der Waals surface area contributed by atoms with E-state index in [1.807, 2.05) is 42.5 Å². The minimum atomic E-state index is -0.302. The Bertz CT molecular complexity index is 673. The summed E-state index contributed by atoms with van der Waals surface area (Å²) < 4.78 is 0. The molecule has 1 heterocycles. The summed E-state index contributed by atoms with van der Waals surface area (Å²) in [5.41, 5.74) is 4.81. The van der Waals surface area contributed by atoms with Crippen molar-refractivity contribution in [2.45, 2.75) is 0 Å². The zero-order valence-corrected chi connectivity index (χ0v) is 11.3. The lowest BCUT2D eigenvalue weighted by Crippen LogP contribution is -2.42. The molecule has 0 radical (unpaired) electrons. The van der Waals surface area contributed by atoms with Gasteiger partial charge in [0.1, 0.15) is 0 Å². The molecular formula is C17H14N2O2. The van der Waals surface area contributed by atoms with Crippen LogP contribution in [0.1, 0.15) is 26.3 Å². The summed E-state index contributed by atoms with van der Waals surface area (Å²) in [5, 5.41) is 1.07. The first-order valence-electron chi connectivity index (χ1n) is 6.70. The molecule has 0 saturated heterocycles. The molecule has 0 bridgehead atoms. The fourth-order valence-electron chi connectivity index (χ4n) is 2.24. The molecule has 1 aliphatic heterocycles. The Morgan fingerprint density at radius 3 is 2.05 bits per heavy atom. The highest BCUT2D eigenvalue weighted by atomic mass is 16.2. The van der Waals surface area contributed by atoms with Crippen molar-refractivity contribution < 1.29 is 9.59 Å². The number of carbonyl (C=O) groups excluding carboxylic acids is 2. The molecule has 1 aliphatic rings. The quantitative estimate of drug-likeness (QED) is 0.874. The van der Waals surface area contributed by atoms with Crippen molar-refractivity contribution in [3.05, 3.63) is 77.4 Å². The van der Waals surface area contributed by atoms with E-state index in [1.165, 1.54) is 0 Å². The van der Waals surface area contributed by atoms with Crippen molar-refractivity contribution in [3.63, 3.8) is 0 Å². The number of amides is 2. The molecular weight excluding hydrogens is 264 g/mol. The van der Waals surface area contributed by atoms with Gasteiger partial charge in [0, 0.05) is 6.54 Å². The van der Waals surface area contributed by atoms with Gasteiger partial charge in [-0.2, -0.15) is 0 Å². The van der Waals surface area contributed by atoms with E-state index in [0.29, 0.717) is 17.7 Å². The first kappa shape index (κ1) is 13.3. The van der Waals surface area contributed by atoms with Crippen LogP contribution in [0.5, 0.6) is 0 Å². The molecule has 0 atom stereocenters. The number of hydrogen-bond donors (Lipinski definition) is 1. The van der Waals surface area contributed by atoms with Crippen LogP contribution in [0.2, 0.25) is 0 Å². The molecule has 104 valence electrons. The predicted octanol–water partition coefficient (Wildman–Crippen LogP) is 2.50. The van der Waals surface area contributed by atoms with Crippen LogP contribution in [0.25, 0.3) is 6.08 Å². The fourth-order valence-corrected chi connectivity index (χ4v) is 2.24. The molecule has 1 N–H and O–H groups in total. The molecule has 2 aromatic rings. The van der Waals surface area contributed by atoms with Crippen molar-refractivity contribution >= 4 is 17.9 Å². The third-order valence-electron chi connectivity index (χ3n) is 3.27. The van der Waals surface area contributed by atoms with E-state index in [2.05, 4.69) is 5.43 Å². The zero-order chi connectivity index (χ0) is 14.7. The Morgan fingerprint density at radius 1 is 0.857 bits per heavy atom. The largest absolute Gasteiger partial charge is 0.276 e. The van der Waals surface area contributed by atoms with Gasteiger partial charge >= 0.3 is 0 Å². The first-order chi connectivity index (χ1) is 10.3. The topological polar surface area (TPSA) is 49.4 Å². The molecule has 21 heavy (non-hydrogen) atoms. The maximum Gasteiger partial charge on any atom is 0.276 e. The number of nitrogens with one attached hydrogen (secondary N) is 1. The first-order valence-corrected chi connectivity index (χ1v) is 6.70. The number of imide groups is 1. The summed E-state index contributed by atoms with van der Waals surface area (Å²) >= 11 is 0. The number of nitrogens with zero attached hydrogens (tertiary/aromatic N) is 1. The number of hydrazine groups is 1. The molecule has 0 aliphatic carbocycles. The van der Waals surface area contributed by atoms with Crippen LogP contribution >= 0.6 is 0 Å². The van der Waals surface area contributed by atoms with Crippen LogP contribution < -0.4 is 5.43 Å². The fraction of sp³-hybridized carbons (Fsp3) is 0.0588. The van der Waals surface area contributed by atoms with Gasteiger partial charge in [-0.05, 0) is 17.7 Å². The smallest absolute Gasteiger partial charge is 0.267 e. The second kappa shape index (κ2) is 5.73. The molecule has 0 fully saturated rings. The zero-order valence-electron chi connectivity index (χ0n) is 11.3. The summed E-state index contributed by atoms with van der Waals surface area (Å²) in [5.74, 6) is -0.604. The summed E-state index contributed by atoms with van der Waals surface area (Å²) in [4.78, 5) is 24.2. The van der Waals surface area contributed by atoms with Crippen LogP contribution in [-0.4, -0.2) is 23.4 Å². The monoisotopic (exact) mass is 278 g/mol. The van der Waals surface area contributed by atoms with Gasteiger partial charge in [0.25, 0.3) is 11.8 Å². The van der Waals surface area contributed by atoms with E-state index >= 15 is 0 Å². The maximum absolute atomic E-state index is 12.1. The standard InChI is InChI=1S/C17H14N2O2/c20-16-14-10-4-5-11-15(14)17(21)19(16)18-12-6-9-13-7-2-1-3-8-13/h1-11,18H,12H2/b9-6+. The Hall–Kier alpha value is -2.72. The number of hydrogen-bond acceptors (Lipinski definition) is 3. The van der Waals surface area contributed by atoms with Crippen molar-refractivity contribution in [3.8, 4) is 0 Å². The van der Waals surface area contributed by atoms with Gasteiger partial charge in [0.15, 0.2) is 0 Å². The molecule has 3 rings (SSSR count). The highest BCUT2D eigenvalue weighted by Gasteiger charge is 2.34. The van der Waals surface area contributed by atoms with Gasteiger partial charge < -0.3 is 0 Å². The molecule has 0 saturated carbocycles. The van der Waals surface area contributed by atoms with Crippen molar-refractivity contribution in [1.82, 2.24) is 10.4 Å². The highest BCUT2D eigenvalue weighted by molar-refractivity contribution is 6.20. The normalized spacial score (nSPS) is 14.0. The average molecular weight is 278 g/mol. The number of benzene rings is 2. The lowest BCUT2D eigenvalue weighted by molar-refractivity contribution is 0.0576. The van der Waals surface area contributed by atoms with Gasteiger partial charge in [-0.3, -0.25) is 9.59 Å².